The third-order valence-electron chi connectivity index (χ3n) is 3.21. The summed E-state index contributed by atoms with van der Waals surface area (Å²) >= 11 is 1.56. The second-order valence-electron chi connectivity index (χ2n) is 4.58. The lowest BCUT2D eigenvalue weighted by atomic mass is 10.1. The van der Waals surface area contributed by atoms with Gasteiger partial charge in [0.05, 0.1) is 5.69 Å². The summed E-state index contributed by atoms with van der Waals surface area (Å²) in [6.07, 6.45) is 0.937. The van der Waals surface area contributed by atoms with Crippen LogP contribution in [-0.4, -0.2) is 17.4 Å². The van der Waals surface area contributed by atoms with E-state index in [1.165, 1.54) is 4.88 Å². The zero-order valence-electron chi connectivity index (χ0n) is 10.7. The first kappa shape index (κ1) is 12.3. The van der Waals surface area contributed by atoms with E-state index in [4.69, 9.17) is 0 Å². The molecule has 0 aliphatic carbocycles. The number of anilines is 1. The van der Waals surface area contributed by atoms with Gasteiger partial charge in [0.15, 0.2) is 5.13 Å². The number of carbonyl (C=O) groups excluding carboxylic acids is 1. The summed E-state index contributed by atoms with van der Waals surface area (Å²) in [4.78, 5) is 17.9. The van der Waals surface area contributed by atoms with Gasteiger partial charge < -0.3 is 5.32 Å². The zero-order valence-corrected chi connectivity index (χ0v) is 11.5. The molecular formula is C14H15N3OS. The monoisotopic (exact) mass is 273 g/mol. The number of thiazole rings is 1. The van der Waals surface area contributed by atoms with E-state index in [0.29, 0.717) is 10.7 Å². The molecule has 1 aromatic carbocycles. The van der Waals surface area contributed by atoms with Crippen LogP contribution in [0.2, 0.25) is 0 Å². The SMILES string of the molecule is Cc1ccccc1C(=O)Nc1nc2c(s1)CNCC2. The van der Waals surface area contributed by atoms with Crippen LogP contribution in [0.25, 0.3) is 0 Å². The minimum atomic E-state index is -0.0860. The highest BCUT2D eigenvalue weighted by Crippen LogP contribution is 2.25. The Morgan fingerprint density at radius 3 is 3.05 bits per heavy atom. The molecule has 0 saturated heterocycles. The molecule has 0 saturated carbocycles. The molecule has 1 aromatic heterocycles. The van der Waals surface area contributed by atoms with E-state index in [2.05, 4.69) is 15.6 Å². The molecule has 1 amide bonds. The van der Waals surface area contributed by atoms with Crippen molar-refractivity contribution < 1.29 is 4.79 Å². The number of rotatable bonds is 2. The highest BCUT2D eigenvalue weighted by atomic mass is 32.1. The standard InChI is InChI=1S/C14H15N3OS/c1-9-4-2-3-5-10(9)13(18)17-14-16-11-6-7-15-8-12(11)19-14/h2-5,15H,6-8H2,1H3,(H,16,17,18). The van der Waals surface area contributed by atoms with Crippen molar-refractivity contribution in [1.29, 1.82) is 0 Å². The quantitative estimate of drug-likeness (QED) is 0.883. The molecule has 2 aromatic rings. The van der Waals surface area contributed by atoms with Crippen LogP contribution in [0, 0.1) is 6.92 Å². The first-order valence-corrected chi connectivity index (χ1v) is 7.12. The summed E-state index contributed by atoms with van der Waals surface area (Å²) in [5.74, 6) is -0.0860. The van der Waals surface area contributed by atoms with Crippen molar-refractivity contribution in [3.05, 3.63) is 46.0 Å². The average molecular weight is 273 g/mol. The number of hydrogen-bond donors (Lipinski definition) is 2. The predicted octanol–water partition coefficient (Wildman–Crippen LogP) is 2.35. The van der Waals surface area contributed by atoms with Gasteiger partial charge >= 0.3 is 0 Å². The molecule has 0 radical (unpaired) electrons. The molecule has 1 aliphatic rings. The predicted molar refractivity (Wildman–Crippen MR) is 76.7 cm³/mol. The molecule has 1 aliphatic heterocycles. The molecule has 0 atom stereocenters. The van der Waals surface area contributed by atoms with Gasteiger partial charge in [-0.25, -0.2) is 4.98 Å². The van der Waals surface area contributed by atoms with E-state index in [9.17, 15) is 4.79 Å². The van der Waals surface area contributed by atoms with Crippen LogP contribution >= 0.6 is 11.3 Å². The van der Waals surface area contributed by atoms with Gasteiger partial charge in [-0.05, 0) is 18.6 Å². The van der Waals surface area contributed by atoms with E-state index in [0.717, 1.165) is 30.8 Å². The summed E-state index contributed by atoms with van der Waals surface area (Å²) in [5, 5.41) is 6.90. The van der Waals surface area contributed by atoms with Crippen LogP contribution < -0.4 is 10.6 Å². The Hall–Kier alpha value is -1.72. The molecule has 0 spiro atoms. The lowest BCUT2D eigenvalue weighted by Crippen LogP contribution is -2.22. The van der Waals surface area contributed by atoms with E-state index < -0.39 is 0 Å². The molecule has 0 bridgehead atoms. The Kier molecular flexibility index (Phi) is 3.31. The van der Waals surface area contributed by atoms with Gasteiger partial charge in [-0.3, -0.25) is 10.1 Å². The van der Waals surface area contributed by atoms with Gasteiger partial charge in [0.1, 0.15) is 0 Å². The third kappa shape index (κ3) is 2.52. The molecule has 5 heteroatoms. The summed E-state index contributed by atoms with van der Waals surface area (Å²) in [6.45, 7) is 3.75. The maximum Gasteiger partial charge on any atom is 0.257 e. The van der Waals surface area contributed by atoms with Crippen molar-refractivity contribution in [2.45, 2.75) is 19.9 Å². The maximum atomic E-state index is 12.2. The fraction of sp³-hybridized carbons (Fsp3) is 0.286. The topological polar surface area (TPSA) is 54.0 Å². The normalized spacial score (nSPS) is 13.9. The molecule has 2 heterocycles. The number of nitrogens with zero attached hydrogens (tertiary/aromatic N) is 1. The highest BCUT2D eigenvalue weighted by molar-refractivity contribution is 7.15. The minimum Gasteiger partial charge on any atom is -0.311 e. The van der Waals surface area contributed by atoms with Crippen LogP contribution in [0.15, 0.2) is 24.3 Å². The second kappa shape index (κ2) is 5.11. The number of nitrogens with one attached hydrogen (secondary N) is 2. The maximum absolute atomic E-state index is 12.2. The lowest BCUT2D eigenvalue weighted by Gasteiger charge is -2.09. The Bertz CT molecular complexity index is 597. The average Bonchev–Trinajstić information content (AvgIpc) is 2.81. The fourth-order valence-electron chi connectivity index (χ4n) is 2.17. The molecule has 0 fully saturated rings. The number of benzene rings is 1. The first-order valence-electron chi connectivity index (χ1n) is 6.30. The van der Waals surface area contributed by atoms with Crippen LogP contribution in [0.3, 0.4) is 0 Å². The second-order valence-corrected chi connectivity index (χ2v) is 5.67. The van der Waals surface area contributed by atoms with Gasteiger partial charge in [0.2, 0.25) is 0 Å². The van der Waals surface area contributed by atoms with Crippen molar-refractivity contribution in [3.8, 4) is 0 Å². The number of carbonyl (C=O) groups is 1. The summed E-state index contributed by atoms with van der Waals surface area (Å²) < 4.78 is 0. The van der Waals surface area contributed by atoms with Gasteiger partial charge in [0, 0.05) is 30.0 Å². The highest BCUT2D eigenvalue weighted by Gasteiger charge is 2.17. The molecule has 0 unspecified atom stereocenters. The van der Waals surface area contributed by atoms with E-state index in [-0.39, 0.29) is 5.91 Å². The van der Waals surface area contributed by atoms with Crippen molar-refractivity contribution in [3.63, 3.8) is 0 Å². The Morgan fingerprint density at radius 1 is 1.42 bits per heavy atom. The van der Waals surface area contributed by atoms with Crippen molar-refractivity contribution in [2.24, 2.45) is 0 Å². The lowest BCUT2D eigenvalue weighted by molar-refractivity contribution is 0.102. The van der Waals surface area contributed by atoms with Gasteiger partial charge in [-0.15, -0.1) is 11.3 Å². The largest absolute Gasteiger partial charge is 0.311 e. The molecule has 98 valence electrons. The number of amides is 1. The minimum absolute atomic E-state index is 0.0860. The number of aromatic nitrogens is 1. The van der Waals surface area contributed by atoms with Crippen molar-refractivity contribution in [1.82, 2.24) is 10.3 Å². The van der Waals surface area contributed by atoms with Crippen LogP contribution in [0.4, 0.5) is 5.13 Å². The van der Waals surface area contributed by atoms with E-state index >= 15 is 0 Å². The van der Waals surface area contributed by atoms with Crippen LogP contribution in [-0.2, 0) is 13.0 Å². The zero-order chi connectivity index (χ0) is 13.2. The Morgan fingerprint density at radius 2 is 2.26 bits per heavy atom. The Balaban J connectivity index is 1.80. The van der Waals surface area contributed by atoms with Crippen LogP contribution in [0.5, 0.6) is 0 Å². The molecule has 19 heavy (non-hydrogen) atoms. The molecule has 4 nitrogen and oxygen atoms in total. The molecule has 3 rings (SSSR count). The summed E-state index contributed by atoms with van der Waals surface area (Å²) in [5.41, 5.74) is 2.79. The van der Waals surface area contributed by atoms with E-state index in [1.54, 1.807) is 11.3 Å². The smallest absolute Gasteiger partial charge is 0.257 e. The summed E-state index contributed by atoms with van der Waals surface area (Å²) in [7, 11) is 0. The molecule has 2 N–H and O–H groups in total. The summed E-state index contributed by atoms with van der Waals surface area (Å²) in [6, 6.07) is 7.57. The fourth-order valence-corrected chi connectivity index (χ4v) is 3.14. The van der Waals surface area contributed by atoms with Crippen LogP contribution in [0.1, 0.15) is 26.5 Å². The Labute approximate surface area is 115 Å². The van der Waals surface area contributed by atoms with Crippen molar-refractivity contribution >= 4 is 22.4 Å². The van der Waals surface area contributed by atoms with E-state index in [1.807, 2.05) is 31.2 Å². The number of fused-ring (bicyclic) bond motifs is 1. The first-order chi connectivity index (χ1) is 9.24. The number of hydrogen-bond acceptors (Lipinski definition) is 4. The van der Waals surface area contributed by atoms with Gasteiger partial charge in [-0.1, -0.05) is 18.2 Å². The third-order valence-corrected chi connectivity index (χ3v) is 4.23. The van der Waals surface area contributed by atoms with Gasteiger partial charge in [0.25, 0.3) is 5.91 Å². The van der Waals surface area contributed by atoms with Gasteiger partial charge in [-0.2, -0.15) is 0 Å². The number of aryl methyl sites for hydroxylation is 1. The molecular weight excluding hydrogens is 258 g/mol. The van der Waals surface area contributed by atoms with Crippen molar-refractivity contribution in [2.75, 3.05) is 11.9 Å².